The van der Waals surface area contributed by atoms with Gasteiger partial charge < -0.3 is 19.5 Å². The SMILES string of the molecule is COc1c(N(C)CC(=O)N2CCCC2)nc[nH]c1=O. The predicted octanol–water partition coefficient (Wildman–Crippen LogP) is -0.163. The fourth-order valence-electron chi connectivity index (χ4n) is 2.18. The van der Waals surface area contributed by atoms with E-state index in [9.17, 15) is 9.59 Å². The van der Waals surface area contributed by atoms with Crippen LogP contribution in [0.3, 0.4) is 0 Å². The van der Waals surface area contributed by atoms with Crippen LogP contribution in [-0.2, 0) is 4.79 Å². The van der Waals surface area contributed by atoms with Gasteiger partial charge in [0, 0.05) is 20.1 Å². The van der Waals surface area contributed by atoms with Gasteiger partial charge in [-0.2, -0.15) is 0 Å². The highest BCUT2D eigenvalue weighted by Crippen LogP contribution is 2.19. The van der Waals surface area contributed by atoms with Gasteiger partial charge >= 0.3 is 0 Å². The van der Waals surface area contributed by atoms with Gasteiger partial charge in [-0.1, -0.05) is 0 Å². The number of likely N-dealkylation sites (N-methyl/N-ethyl adjacent to an activating group) is 1. The molecule has 2 heterocycles. The Bertz CT molecular complexity index is 508. The maximum Gasteiger partial charge on any atom is 0.295 e. The molecule has 1 aliphatic heterocycles. The lowest BCUT2D eigenvalue weighted by molar-refractivity contribution is -0.128. The van der Waals surface area contributed by atoms with Crippen molar-refractivity contribution in [2.45, 2.75) is 12.8 Å². The fraction of sp³-hybridized carbons (Fsp3) is 0.583. The maximum absolute atomic E-state index is 12.0. The minimum Gasteiger partial charge on any atom is -0.489 e. The van der Waals surface area contributed by atoms with Crippen molar-refractivity contribution in [2.24, 2.45) is 0 Å². The van der Waals surface area contributed by atoms with Crippen LogP contribution in [-0.4, -0.2) is 54.6 Å². The van der Waals surface area contributed by atoms with E-state index < -0.39 is 0 Å². The number of nitrogens with zero attached hydrogens (tertiary/aromatic N) is 3. The van der Waals surface area contributed by atoms with Crippen molar-refractivity contribution >= 4 is 11.7 Å². The third-order valence-electron chi connectivity index (χ3n) is 3.19. The zero-order valence-electron chi connectivity index (χ0n) is 11.2. The molecule has 7 heteroatoms. The van der Waals surface area contributed by atoms with Crippen LogP contribution in [0.2, 0.25) is 0 Å². The molecule has 1 aromatic heterocycles. The molecule has 19 heavy (non-hydrogen) atoms. The van der Waals surface area contributed by atoms with E-state index in [1.807, 2.05) is 4.90 Å². The molecule has 1 saturated heterocycles. The van der Waals surface area contributed by atoms with Gasteiger partial charge in [-0.25, -0.2) is 4.98 Å². The lowest BCUT2D eigenvalue weighted by Gasteiger charge is -2.22. The third kappa shape index (κ3) is 2.86. The summed E-state index contributed by atoms with van der Waals surface area (Å²) < 4.78 is 5.03. The zero-order chi connectivity index (χ0) is 13.8. The van der Waals surface area contributed by atoms with Crippen LogP contribution in [0.1, 0.15) is 12.8 Å². The molecule has 1 aliphatic rings. The van der Waals surface area contributed by atoms with Gasteiger partial charge in [0.2, 0.25) is 11.7 Å². The van der Waals surface area contributed by atoms with Gasteiger partial charge in [-0.3, -0.25) is 9.59 Å². The van der Waals surface area contributed by atoms with Crippen molar-refractivity contribution < 1.29 is 9.53 Å². The first-order chi connectivity index (χ1) is 9.13. The summed E-state index contributed by atoms with van der Waals surface area (Å²) in [5, 5.41) is 0. The van der Waals surface area contributed by atoms with E-state index in [4.69, 9.17) is 4.74 Å². The highest BCUT2D eigenvalue weighted by molar-refractivity contribution is 5.81. The Balaban J connectivity index is 2.11. The number of nitrogens with one attached hydrogen (secondary N) is 1. The van der Waals surface area contributed by atoms with Crippen LogP contribution in [0, 0.1) is 0 Å². The molecule has 1 N–H and O–H groups in total. The number of methoxy groups -OCH3 is 1. The number of likely N-dealkylation sites (tertiary alicyclic amines) is 1. The quantitative estimate of drug-likeness (QED) is 0.819. The van der Waals surface area contributed by atoms with Crippen LogP contribution in [0.15, 0.2) is 11.1 Å². The second-order valence-corrected chi connectivity index (χ2v) is 4.53. The van der Waals surface area contributed by atoms with Gasteiger partial charge in [0.15, 0.2) is 5.82 Å². The second-order valence-electron chi connectivity index (χ2n) is 4.53. The molecule has 7 nitrogen and oxygen atoms in total. The summed E-state index contributed by atoms with van der Waals surface area (Å²) in [7, 11) is 3.13. The molecule has 0 aromatic carbocycles. The number of aromatic amines is 1. The Morgan fingerprint density at radius 1 is 1.53 bits per heavy atom. The minimum atomic E-state index is -0.354. The zero-order valence-corrected chi connectivity index (χ0v) is 11.2. The summed E-state index contributed by atoms with van der Waals surface area (Å²) in [6.07, 6.45) is 3.42. The first kappa shape index (κ1) is 13.4. The molecular formula is C12H18N4O3. The summed E-state index contributed by atoms with van der Waals surface area (Å²) in [6, 6.07) is 0. The summed E-state index contributed by atoms with van der Waals surface area (Å²) >= 11 is 0. The lowest BCUT2D eigenvalue weighted by Crippen LogP contribution is -2.38. The van der Waals surface area contributed by atoms with Crippen molar-refractivity contribution in [3.05, 3.63) is 16.7 Å². The number of anilines is 1. The van der Waals surface area contributed by atoms with Crippen molar-refractivity contribution in [3.63, 3.8) is 0 Å². The number of hydrogen-bond donors (Lipinski definition) is 1. The van der Waals surface area contributed by atoms with Crippen LogP contribution < -0.4 is 15.2 Å². The summed E-state index contributed by atoms with van der Waals surface area (Å²) in [4.78, 5) is 33.6. The first-order valence-electron chi connectivity index (χ1n) is 6.24. The highest BCUT2D eigenvalue weighted by Gasteiger charge is 2.21. The number of H-pyrrole nitrogens is 1. The first-order valence-corrected chi connectivity index (χ1v) is 6.24. The number of rotatable bonds is 4. The predicted molar refractivity (Wildman–Crippen MR) is 70.5 cm³/mol. The average Bonchev–Trinajstić information content (AvgIpc) is 2.92. The third-order valence-corrected chi connectivity index (χ3v) is 3.19. The molecule has 2 rings (SSSR count). The monoisotopic (exact) mass is 266 g/mol. The Morgan fingerprint density at radius 2 is 2.21 bits per heavy atom. The van der Waals surface area contributed by atoms with Crippen LogP contribution in [0.25, 0.3) is 0 Å². The molecule has 0 aliphatic carbocycles. The molecule has 1 aromatic rings. The van der Waals surface area contributed by atoms with Crippen molar-refractivity contribution in [1.82, 2.24) is 14.9 Å². The molecular weight excluding hydrogens is 248 g/mol. The number of carbonyl (C=O) groups is 1. The van der Waals surface area contributed by atoms with Gasteiger partial charge in [-0.05, 0) is 12.8 Å². The largest absolute Gasteiger partial charge is 0.489 e. The molecule has 0 atom stereocenters. The van der Waals surface area contributed by atoms with E-state index >= 15 is 0 Å². The Hall–Kier alpha value is -2.05. The number of aromatic nitrogens is 2. The highest BCUT2D eigenvalue weighted by atomic mass is 16.5. The van der Waals surface area contributed by atoms with E-state index in [1.165, 1.54) is 13.4 Å². The van der Waals surface area contributed by atoms with E-state index in [1.54, 1.807) is 11.9 Å². The van der Waals surface area contributed by atoms with Crippen molar-refractivity contribution in [1.29, 1.82) is 0 Å². The Morgan fingerprint density at radius 3 is 2.84 bits per heavy atom. The number of amides is 1. The Labute approximate surface area is 111 Å². The topological polar surface area (TPSA) is 78.5 Å². The van der Waals surface area contributed by atoms with Crippen LogP contribution >= 0.6 is 0 Å². The molecule has 0 bridgehead atoms. The average molecular weight is 266 g/mol. The second kappa shape index (κ2) is 5.73. The maximum atomic E-state index is 12.0. The molecule has 104 valence electrons. The van der Waals surface area contributed by atoms with Crippen molar-refractivity contribution in [2.75, 3.05) is 38.7 Å². The smallest absolute Gasteiger partial charge is 0.295 e. The Kier molecular flexibility index (Phi) is 4.03. The van der Waals surface area contributed by atoms with Gasteiger partial charge in [0.1, 0.15) is 0 Å². The lowest BCUT2D eigenvalue weighted by atomic mass is 10.4. The fourth-order valence-corrected chi connectivity index (χ4v) is 2.18. The van der Waals surface area contributed by atoms with Crippen LogP contribution in [0.5, 0.6) is 5.75 Å². The van der Waals surface area contributed by atoms with Crippen molar-refractivity contribution in [3.8, 4) is 5.75 Å². The molecule has 0 spiro atoms. The summed E-state index contributed by atoms with van der Waals surface area (Å²) in [5.41, 5.74) is -0.354. The number of ether oxygens (including phenoxy) is 1. The van der Waals surface area contributed by atoms with Gasteiger partial charge in [0.25, 0.3) is 5.56 Å². The number of carbonyl (C=O) groups excluding carboxylic acids is 1. The van der Waals surface area contributed by atoms with Gasteiger partial charge in [-0.15, -0.1) is 0 Å². The van der Waals surface area contributed by atoms with Gasteiger partial charge in [0.05, 0.1) is 20.0 Å². The molecule has 0 saturated carbocycles. The minimum absolute atomic E-state index is 0.0455. The molecule has 1 fully saturated rings. The summed E-state index contributed by atoms with van der Waals surface area (Å²) in [5.74, 6) is 0.544. The number of hydrogen-bond acceptors (Lipinski definition) is 5. The van der Waals surface area contributed by atoms with E-state index in [-0.39, 0.29) is 23.8 Å². The van der Waals surface area contributed by atoms with E-state index in [0.29, 0.717) is 5.82 Å². The van der Waals surface area contributed by atoms with Crippen LogP contribution in [0.4, 0.5) is 5.82 Å². The standard InChI is InChI=1S/C12H18N4O3/c1-15(7-9(17)16-5-3-4-6-16)11-10(19-2)12(18)14-8-13-11/h8H,3-7H2,1-2H3,(H,13,14,18). The molecule has 0 radical (unpaired) electrons. The van der Waals surface area contributed by atoms with E-state index in [0.717, 1.165) is 25.9 Å². The molecule has 0 unspecified atom stereocenters. The summed E-state index contributed by atoms with van der Waals surface area (Å²) in [6.45, 7) is 1.81. The molecule has 1 amide bonds. The normalized spacial score (nSPS) is 14.5. The van der Waals surface area contributed by atoms with E-state index in [2.05, 4.69) is 9.97 Å².